The maximum absolute atomic E-state index is 12.9. The predicted molar refractivity (Wildman–Crippen MR) is 101 cm³/mol. The lowest BCUT2D eigenvalue weighted by Gasteiger charge is -2.12. The molecule has 3 rings (SSSR count). The van der Waals surface area contributed by atoms with E-state index in [2.05, 4.69) is 5.32 Å². The highest BCUT2D eigenvalue weighted by molar-refractivity contribution is 6.31. The number of hydrogen-bond acceptors (Lipinski definition) is 1. The van der Waals surface area contributed by atoms with Gasteiger partial charge < -0.3 is 5.32 Å². The molecule has 3 aromatic carbocycles. The van der Waals surface area contributed by atoms with E-state index in [4.69, 9.17) is 11.6 Å². The molecule has 0 radical (unpaired) electrons. The van der Waals surface area contributed by atoms with Crippen LogP contribution in [0.25, 0.3) is 11.1 Å². The number of rotatable bonds is 4. The summed E-state index contributed by atoms with van der Waals surface area (Å²) in [5, 5.41) is 2.07. The fraction of sp³-hybridized carbons (Fsp3) is 0.0952. The molecule has 27 heavy (non-hydrogen) atoms. The number of carbonyl (C=O) groups is 1. The first kappa shape index (κ1) is 19.0. The molecule has 0 unspecified atom stereocenters. The van der Waals surface area contributed by atoms with Crippen molar-refractivity contribution < 1.29 is 18.0 Å². The van der Waals surface area contributed by atoms with Crippen molar-refractivity contribution in [2.45, 2.75) is 12.6 Å². The van der Waals surface area contributed by atoms with Crippen LogP contribution in [0.1, 0.15) is 11.1 Å². The maximum atomic E-state index is 12.9. The largest absolute Gasteiger partial charge is 0.417 e. The van der Waals surface area contributed by atoms with E-state index in [1.54, 1.807) is 0 Å². The maximum Gasteiger partial charge on any atom is 0.417 e. The standard InChI is InChI=1S/C21H15ClF3NO/c22-19-11-10-17(13-18(19)21(23,24)25)26-20(27)12-14-6-8-16(9-7-14)15-4-2-1-3-5-15/h1-11,13H,12H2,(H,26,27). The summed E-state index contributed by atoms with van der Waals surface area (Å²) in [7, 11) is 0. The smallest absolute Gasteiger partial charge is 0.326 e. The lowest BCUT2D eigenvalue weighted by Crippen LogP contribution is -2.15. The van der Waals surface area contributed by atoms with Gasteiger partial charge >= 0.3 is 6.18 Å². The first-order valence-electron chi connectivity index (χ1n) is 8.14. The lowest BCUT2D eigenvalue weighted by molar-refractivity contribution is -0.137. The monoisotopic (exact) mass is 389 g/mol. The van der Waals surface area contributed by atoms with Crippen LogP contribution >= 0.6 is 11.6 Å². The minimum Gasteiger partial charge on any atom is -0.326 e. The third kappa shape index (κ3) is 4.89. The summed E-state index contributed by atoms with van der Waals surface area (Å²) in [6, 6.07) is 20.5. The summed E-state index contributed by atoms with van der Waals surface area (Å²) < 4.78 is 38.7. The number of nitrogens with one attached hydrogen (secondary N) is 1. The van der Waals surface area contributed by atoms with Crippen molar-refractivity contribution in [3.63, 3.8) is 0 Å². The van der Waals surface area contributed by atoms with Gasteiger partial charge in [-0.25, -0.2) is 0 Å². The Bertz CT molecular complexity index is 938. The average molecular weight is 390 g/mol. The second-order valence-electron chi connectivity index (χ2n) is 5.98. The van der Waals surface area contributed by atoms with E-state index < -0.39 is 22.7 Å². The first-order chi connectivity index (χ1) is 12.8. The number of benzene rings is 3. The molecule has 0 spiro atoms. The molecule has 0 aliphatic rings. The van der Waals surface area contributed by atoms with Crippen molar-refractivity contribution in [1.82, 2.24) is 0 Å². The minimum atomic E-state index is -4.58. The molecule has 0 aliphatic carbocycles. The Morgan fingerprint density at radius 3 is 2.15 bits per heavy atom. The van der Waals surface area contributed by atoms with Crippen molar-refractivity contribution in [2.24, 2.45) is 0 Å². The highest BCUT2D eigenvalue weighted by Crippen LogP contribution is 2.36. The Morgan fingerprint density at radius 2 is 1.52 bits per heavy atom. The van der Waals surface area contributed by atoms with Crippen molar-refractivity contribution >= 4 is 23.2 Å². The highest BCUT2D eigenvalue weighted by Gasteiger charge is 2.33. The van der Waals surface area contributed by atoms with E-state index >= 15 is 0 Å². The van der Waals surface area contributed by atoms with Crippen molar-refractivity contribution in [1.29, 1.82) is 0 Å². The second kappa shape index (κ2) is 7.84. The zero-order chi connectivity index (χ0) is 19.4. The lowest BCUT2D eigenvalue weighted by atomic mass is 10.0. The third-order valence-electron chi connectivity index (χ3n) is 3.98. The molecule has 6 heteroatoms. The molecule has 0 saturated carbocycles. The zero-order valence-electron chi connectivity index (χ0n) is 14.1. The molecule has 1 N–H and O–H groups in total. The molecule has 138 valence electrons. The highest BCUT2D eigenvalue weighted by atomic mass is 35.5. The molecule has 1 amide bonds. The molecule has 0 atom stereocenters. The number of anilines is 1. The number of alkyl halides is 3. The van der Waals surface area contributed by atoms with Gasteiger partial charge in [0, 0.05) is 5.69 Å². The van der Waals surface area contributed by atoms with Crippen molar-refractivity contribution in [3.05, 3.63) is 88.9 Å². The fourth-order valence-electron chi connectivity index (χ4n) is 2.66. The van der Waals surface area contributed by atoms with Gasteiger partial charge in [-0.2, -0.15) is 13.2 Å². The number of amides is 1. The quantitative estimate of drug-likeness (QED) is 0.565. The number of halogens is 4. The van der Waals surface area contributed by atoms with Gasteiger partial charge in [0.1, 0.15) is 0 Å². The van der Waals surface area contributed by atoms with Crippen LogP contribution in [0.5, 0.6) is 0 Å². The van der Waals surface area contributed by atoms with Gasteiger partial charge in [-0.05, 0) is 34.9 Å². The zero-order valence-corrected chi connectivity index (χ0v) is 14.8. The molecule has 0 aromatic heterocycles. The third-order valence-corrected chi connectivity index (χ3v) is 4.31. The van der Waals surface area contributed by atoms with Crippen LogP contribution in [0.4, 0.5) is 18.9 Å². The van der Waals surface area contributed by atoms with E-state index in [-0.39, 0.29) is 12.1 Å². The van der Waals surface area contributed by atoms with Crippen LogP contribution in [0.2, 0.25) is 5.02 Å². The first-order valence-corrected chi connectivity index (χ1v) is 8.52. The average Bonchev–Trinajstić information content (AvgIpc) is 2.64. The van der Waals surface area contributed by atoms with Gasteiger partial charge in [-0.1, -0.05) is 66.2 Å². The summed E-state index contributed by atoms with van der Waals surface area (Å²) in [5.74, 6) is -0.405. The van der Waals surface area contributed by atoms with Crippen molar-refractivity contribution in [3.8, 4) is 11.1 Å². The van der Waals surface area contributed by atoms with Gasteiger partial charge in [-0.15, -0.1) is 0 Å². The molecule has 0 saturated heterocycles. The van der Waals surface area contributed by atoms with Gasteiger partial charge in [-0.3, -0.25) is 4.79 Å². The number of hydrogen-bond donors (Lipinski definition) is 1. The molecule has 3 aromatic rings. The van der Waals surface area contributed by atoms with Crippen LogP contribution < -0.4 is 5.32 Å². The normalized spacial score (nSPS) is 11.3. The fourth-order valence-corrected chi connectivity index (χ4v) is 2.88. The Kier molecular flexibility index (Phi) is 5.51. The predicted octanol–water partition coefficient (Wildman–Crippen LogP) is 6.21. The molecular weight excluding hydrogens is 375 g/mol. The van der Waals surface area contributed by atoms with E-state index in [0.717, 1.165) is 28.8 Å². The Labute approximate surface area is 159 Å². The van der Waals surface area contributed by atoms with Crippen LogP contribution in [0.15, 0.2) is 72.8 Å². The van der Waals surface area contributed by atoms with Crippen molar-refractivity contribution in [2.75, 3.05) is 5.32 Å². The van der Waals surface area contributed by atoms with Crippen LogP contribution in [-0.2, 0) is 17.4 Å². The summed E-state index contributed by atoms with van der Waals surface area (Å²) >= 11 is 5.58. The molecule has 0 aliphatic heterocycles. The van der Waals surface area contributed by atoms with E-state index in [1.165, 1.54) is 6.07 Å². The summed E-state index contributed by atoms with van der Waals surface area (Å²) in [4.78, 5) is 12.2. The molecule has 0 bridgehead atoms. The van der Waals surface area contributed by atoms with E-state index in [0.29, 0.717) is 0 Å². The van der Waals surface area contributed by atoms with E-state index in [9.17, 15) is 18.0 Å². The summed E-state index contributed by atoms with van der Waals surface area (Å²) in [6.45, 7) is 0. The molecular formula is C21H15ClF3NO. The molecule has 2 nitrogen and oxygen atoms in total. The Hall–Kier alpha value is -2.79. The number of carbonyl (C=O) groups excluding carboxylic acids is 1. The van der Waals surface area contributed by atoms with Gasteiger partial charge in [0.2, 0.25) is 5.91 Å². The van der Waals surface area contributed by atoms with Gasteiger partial charge in [0.25, 0.3) is 0 Å². The van der Waals surface area contributed by atoms with E-state index in [1.807, 2.05) is 54.6 Å². The SMILES string of the molecule is O=C(Cc1ccc(-c2ccccc2)cc1)Nc1ccc(Cl)c(C(F)(F)F)c1. The Morgan fingerprint density at radius 1 is 0.889 bits per heavy atom. The topological polar surface area (TPSA) is 29.1 Å². The van der Waals surface area contributed by atoms with Gasteiger partial charge in [0.15, 0.2) is 0 Å². The van der Waals surface area contributed by atoms with Crippen LogP contribution in [0.3, 0.4) is 0 Å². The molecule has 0 fully saturated rings. The summed E-state index contributed by atoms with van der Waals surface area (Å²) in [5.41, 5.74) is 1.92. The second-order valence-corrected chi connectivity index (χ2v) is 6.39. The van der Waals surface area contributed by atoms with Crippen LogP contribution in [0, 0.1) is 0 Å². The van der Waals surface area contributed by atoms with Gasteiger partial charge in [0.05, 0.1) is 17.0 Å². The van der Waals surface area contributed by atoms with Crippen LogP contribution in [-0.4, -0.2) is 5.91 Å². The minimum absolute atomic E-state index is 0.0534. The molecule has 0 heterocycles. The Balaban J connectivity index is 1.68. The summed E-state index contributed by atoms with van der Waals surface area (Å²) in [6.07, 6.45) is -4.52.